The quantitative estimate of drug-likeness (QED) is 0.836. The third kappa shape index (κ3) is 5.03. The van der Waals surface area contributed by atoms with E-state index in [-0.39, 0.29) is 36.8 Å². The molecule has 0 radical (unpaired) electrons. The molecule has 2 heterocycles. The molecule has 1 unspecified atom stereocenters. The number of carbonyl (C=O) groups is 1. The van der Waals surface area contributed by atoms with E-state index in [4.69, 9.17) is 4.74 Å². The third-order valence-electron chi connectivity index (χ3n) is 4.45. The summed E-state index contributed by atoms with van der Waals surface area (Å²) in [6.45, 7) is 2.14. The summed E-state index contributed by atoms with van der Waals surface area (Å²) in [5.74, 6) is 1.59. The van der Waals surface area contributed by atoms with Gasteiger partial charge in [-0.1, -0.05) is 18.2 Å². The van der Waals surface area contributed by atoms with E-state index >= 15 is 0 Å². The molecule has 3 rings (SSSR count). The SMILES string of the molecule is COc1ccccc1C1CNCCN1C(=O)c1ccnc(N(C)C)c1.Cl.Cl. The highest BCUT2D eigenvalue weighted by Gasteiger charge is 2.30. The second-order valence-corrected chi connectivity index (χ2v) is 6.26. The van der Waals surface area contributed by atoms with Gasteiger partial charge in [-0.2, -0.15) is 0 Å². The van der Waals surface area contributed by atoms with Gasteiger partial charge in [0.15, 0.2) is 0 Å². The zero-order valence-corrected chi connectivity index (χ0v) is 17.3. The van der Waals surface area contributed by atoms with Crippen molar-refractivity contribution in [3.63, 3.8) is 0 Å². The molecule has 1 fully saturated rings. The summed E-state index contributed by atoms with van der Waals surface area (Å²) in [4.78, 5) is 21.3. The summed E-state index contributed by atoms with van der Waals surface area (Å²) in [6.07, 6.45) is 1.68. The summed E-state index contributed by atoms with van der Waals surface area (Å²) in [6, 6.07) is 11.4. The van der Waals surface area contributed by atoms with E-state index in [1.54, 1.807) is 19.4 Å². The first-order valence-corrected chi connectivity index (χ1v) is 8.40. The van der Waals surface area contributed by atoms with Gasteiger partial charge in [0, 0.05) is 51.1 Å². The van der Waals surface area contributed by atoms with Crippen LogP contribution in [0.4, 0.5) is 5.82 Å². The first-order chi connectivity index (χ1) is 12.1. The fourth-order valence-corrected chi connectivity index (χ4v) is 3.13. The number of rotatable bonds is 4. The summed E-state index contributed by atoms with van der Waals surface area (Å²) in [5, 5.41) is 3.38. The van der Waals surface area contributed by atoms with Crippen LogP contribution in [0.3, 0.4) is 0 Å². The van der Waals surface area contributed by atoms with E-state index in [0.29, 0.717) is 18.7 Å². The maximum absolute atomic E-state index is 13.2. The molecule has 1 aliphatic rings. The number of pyridine rings is 1. The van der Waals surface area contributed by atoms with E-state index in [1.807, 2.05) is 54.2 Å². The molecule has 0 saturated carbocycles. The topological polar surface area (TPSA) is 57.7 Å². The van der Waals surface area contributed by atoms with Crippen LogP contribution in [0, 0.1) is 0 Å². The van der Waals surface area contributed by atoms with E-state index in [2.05, 4.69) is 10.3 Å². The van der Waals surface area contributed by atoms with Crippen molar-refractivity contribution in [2.75, 3.05) is 45.7 Å². The van der Waals surface area contributed by atoms with Crippen LogP contribution in [0.15, 0.2) is 42.6 Å². The van der Waals surface area contributed by atoms with Gasteiger partial charge in [-0.3, -0.25) is 4.79 Å². The van der Waals surface area contributed by atoms with Gasteiger partial charge in [0.1, 0.15) is 11.6 Å². The van der Waals surface area contributed by atoms with Crippen molar-refractivity contribution in [1.82, 2.24) is 15.2 Å². The highest BCUT2D eigenvalue weighted by atomic mass is 35.5. The molecule has 0 spiro atoms. The van der Waals surface area contributed by atoms with Crippen LogP contribution in [0.2, 0.25) is 0 Å². The third-order valence-corrected chi connectivity index (χ3v) is 4.45. The summed E-state index contributed by atoms with van der Waals surface area (Å²) >= 11 is 0. The molecule has 8 heteroatoms. The van der Waals surface area contributed by atoms with Crippen molar-refractivity contribution < 1.29 is 9.53 Å². The highest BCUT2D eigenvalue weighted by molar-refractivity contribution is 5.95. The Labute approximate surface area is 172 Å². The number of nitrogens with zero attached hydrogens (tertiary/aromatic N) is 3. The number of carbonyl (C=O) groups excluding carboxylic acids is 1. The van der Waals surface area contributed by atoms with Gasteiger partial charge in [-0.25, -0.2) is 4.98 Å². The molecule has 1 N–H and O–H groups in total. The summed E-state index contributed by atoms with van der Waals surface area (Å²) < 4.78 is 5.50. The second-order valence-electron chi connectivity index (χ2n) is 6.26. The Morgan fingerprint density at radius 2 is 2.00 bits per heavy atom. The minimum Gasteiger partial charge on any atom is -0.496 e. The summed E-state index contributed by atoms with van der Waals surface area (Å²) in [5.41, 5.74) is 1.67. The number of nitrogens with one attached hydrogen (secondary N) is 1. The van der Waals surface area contributed by atoms with E-state index < -0.39 is 0 Å². The highest BCUT2D eigenvalue weighted by Crippen LogP contribution is 2.31. The molecule has 27 heavy (non-hydrogen) atoms. The number of aromatic nitrogens is 1. The fraction of sp³-hybridized carbons (Fsp3) is 0.368. The number of piperazine rings is 1. The van der Waals surface area contributed by atoms with Crippen molar-refractivity contribution in [1.29, 1.82) is 0 Å². The zero-order chi connectivity index (χ0) is 17.8. The largest absolute Gasteiger partial charge is 0.496 e. The van der Waals surface area contributed by atoms with Crippen LogP contribution in [0.5, 0.6) is 5.75 Å². The normalized spacial score (nSPS) is 16.0. The number of para-hydroxylation sites is 1. The van der Waals surface area contributed by atoms with Gasteiger partial charge in [-0.05, 0) is 18.2 Å². The van der Waals surface area contributed by atoms with Crippen molar-refractivity contribution in [2.24, 2.45) is 0 Å². The number of hydrogen-bond acceptors (Lipinski definition) is 5. The van der Waals surface area contributed by atoms with E-state index in [9.17, 15) is 4.79 Å². The molecular formula is C19H26Cl2N4O2. The Bertz CT molecular complexity index is 758. The van der Waals surface area contributed by atoms with Gasteiger partial charge < -0.3 is 19.9 Å². The maximum atomic E-state index is 13.2. The summed E-state index contributed by atoms with van der Waals surface area (Å²) in [7, 11) is 5.49. The van der Waals surface area contributed by atoms with Crippen LogP contribution < -0.4 is 15.0 Å². The number of amides is 1. The number of benzene rings is 1. The molecule has 0 bridgehead atoms. The van der Waals surface area contributed by atoms with Crippen molar-refractivity contribution in [2.45, 2.75) is 6.04 Å². The molecule has 1 aliphatic heterocycles. The Kier molecular flexibility index (Phi) is 8.82. The van der Waals surface area contributed by atoms with Gasteiger partial charge in [0.2, 0.25) is 0 Å². The average molecular weight is 413 g/mol. The smallest absolute Gasteiger partial charge is 0.254 e. The zero-order valence-electron chi connectivity index (χ0n) is 15.7. The maximum Gasteiger partial charge on any atom is 0.254 e. The van der Waals surface area contributed by atoms with Gasteiger partial charge in [0.05, 0.1) is 13.2 Å². The minimum absolute atomic E-state index is 0. The van der Waals surface area contributed by atoms with Crippen molar-refractivity contribution in [3.8, 4) is 5.75 Å². The number of hydrogen-bond donors (Lipinski definition) is 1. The molecule has 148 valence electrons. The molecular weight excluding hydrogens is 387 g/mol. The molecule has 2 aromatic rings. The lowest BCUT2D eigenvalue weighted by atomic mass is 10.0. The van der Waals surface area contributed by atoms with Crippen molar-refractivity contribution >= 4 is 36.5 Å². The molecule has 6 nitrogen and oxygen atoms in total. The van der Waals surface area contributed by atoms with Gasteiger partial charge in [0.25, 0.3) is 5.91 Å². The lowest BCUT2D eigenvalue weighted by Crippen LogP contribution is -2.48. The van der Waals surface area contributed by atoms with Gasteiger partial charge >= 0.3 is 0 Å². The lowest BCUT2D eigenvalue weighted by Gasteiger charge is -2.37. The van der Waals surface area contributed by atoms with E-state index in [1.165, 1.54) is 0 Å². The molecule has 1 aromatic carbocycles. The lowest BCUT2D eigenvalue weighted by molar-refractivity contribution is 0.0631. The predicted octanol–water partition coefficient (Wildman–Crippen LogP) is 2.79. The molecule has 1 saturated heterocycles. The Morgan fingerprint density at radius 3 is 2.70 bits per heavy atom. The molecule has 1 aromatic heterocycles. The Morgan fingerprint density at radius 1 is 1.26 bits per heavy atom. The van der Waals surface area contributed by atoms with Crippen LogP contribution in [0.1, 0.15) is 22.0 Å². The van der Waals surface area contributed by atoms with Crippen molar-refractivity contribution in [3.05, 3.63) is 53.7 Å². The van der Waals surface area contributed by atoms with Gasteiger partial charge in [-0.15, -0.1) is 24.8 Å². The first-order valence-electron chi connectivity index (χ1n) is 8.40. The second kappa shape index (κ2) is 10.3. The standard InChI is InChI=1S/C19H24N4O2.2ClH/c1-22(2)18-12-14(8-9-21-18)19(24)23-11-10-20-13-16(23)15-6-4-5-7-17(15)25-3;;/h4-9,12,16,20H,10-11,13H2,1-3H3;2*1H. The first kappa shape index (κ1) is 23.0. The number of ether oxygens (including phenoxy) is 1. The van der Waals surface area contributed by atoms with Crippen LogP contribution in [-0.2, 0) is 0 Å². The minimum atomic E-state index is -0.0617. The Balaban J connectivity index is 0.00000182. The van der Waals surface area contributed by atoms with E-state index in [0.717, 1.165) is 23.7 Å². The number of halogens is 2. The van der Waals surface area contributed by atoms with Crippen LogP contribution >= 0.6 is 24.8 Å². The molecule has 0 aliphatic carbocycles. The van der Waals surface area contributed by atoms with Crippen LogP contribution in [-0.4, -0.2) is 56.6 Å². The van der Waals surface area contributed by atoms with Crippen LogP contribution in [0.25, 0.3) is 0 Å². The number of methoxy groups -OCH3 is 1. The molecule has 1 amide bonds. The number of anilines is 1. The fourth-order valence-electron chi connectivity index (χ4n) is 3.13. The monoisotopic (exact) mass is 412 g/mol. The average Bonchev–Trinajstić information content (AvgIpc) is 2.67. The Hall–Kier alpha value is -2.02. The predicted molar refractivity (Wildman–Crippen MR) is 113 cm³/mol. The molecule has 1 atom stereocenters.